The minimum absolute atomic E-state index is 1.08. The Kier molecular flexibility index (Phi) is 6.73. The van der Waals surface area contributed by atoms with Crippen molar-refractivity contribution in [3.63, 3.8) is 0 Å². The van der Waals surface area contributed by atoms with Gasteiger partial charge >= 0.3 is 0 Å². The van der Waals surface area contributed by atoms with Gasteiger partial charge in [0.15, 0.2) is 0 Å². The smallest absolute Gasteiger partial charge is 0.0541 e. The summed E-state index contributed by atoms with van der Waals surface area (Å²) in [4.78, 5) is 0. The van der Waals surface area contributed by atoms with Gasteiger partial charge in [0.2, 0.25) is 0 Å². The zero-order valence-electron chi connectivity index (χ0n) is 25.1. The largest absolute Gasteiger partial charge is 0.355 e. The van der Waals surface area contributed by atoms with Crippen LogP contribution in [0.5, 0.6) is 0 Å². The Morgan fingerprint density at radius 3 is 1.91 bits per heavy atom. The lowest BCUT2D eigenvalue weighted by Gasteiger charge is -2.15. The standard InChI is InChI=1S/C43H32N2/c1-30-22-24-41(44-36-17-6-3-7-18-36)39(26-30)35-16-10-14-32(27-35)34-23-25-43-40(29-34)38-20-8-9-21-42(38)45(43)37-19-11-15-33(28-37)31-12-4-2-5-13-31/h2-29,44H,1H3. The third-order valence-electron chi connectivity index (χ3n) is 8.62. The molecule has 1 N–H and O–H groups in total. The van der Waals surface area contributed by atoms with Crippen LogP contribution < -0.4 is 5.32 Å². The summed E-state index contributed by atoms with van der Waals surface area (Å²) in [6, 6.07) is 60.9. The van der Waals surface area contributed by atoms with Crippen LogP contribution in [-0.2, 0) is 0 Å². The van der Waals surface area contributed by atoms with Crippen molar-refractivity contribution in [2.45, 2.75) is 6.92 Å². The third-order valence-corrected chi connectivity index (χ3v) is 8.62. The second kappa shape index (κ2) is 11.3. The molecule has 0 aliphatic heterocycles. The van der Waals surface area contributed by atoms with E-state index >= 15 is 0 Å². The van der Waals surface area contributed by atoms with Crippen molar-refractivity contribution in [3.8, 4) is 39.1 Å². The zero-order chi connectivity index (χ0) is 30.2. The highest BCUT2D eigenvalue weighted by atomic mass is 15.0. The number of aromatic nitrogens is 1. The second-order valence-electron chi connectivity index (χ2n) is 11.6. The van der Waals surface area contributed by atoms with E-state index in [1.54, 1.807) is 0 Å². The summed E-state index contributed by atoms with van der Waals surface area (Å²) < 4.78 is 2.39. The molecule has 0 spiro atoms. The fourth-order valence-electron chi connectivity index (χ4n) is 6.44. The molecule has 8 rings (SSSR count). The second-order valence-corrected chi connectivity index (χ2v) is 11.6. The maximum absolute atomic E-state index is 3.63. The highest BCUT2D eigenvalue weighted by molar-refractivity contribution is 6.10. The maximum atomic E-state index is 3.63. The average Bonchev–Trinajstić information content (AvgIpc) is 3.44. The molecule has 0 saturated heterocycles. The highest BCUT2D eigenvalue weighted by Gasteiger charge is 2.15. The summed E-state index contributed by atoms with van der Waals surface area (Å²) in [6.45, 7) is 2.15. The molecule has 0 atom stereocenters. The van der Waals surface area contributed by atoms with Gasteiger partial charge in [-0.05, 0) is 95.4 Å². The number of hydrogen-bond donors (Lipinski definition) is 1. The number of nitrogens with zero attached hydrogens (tertiary/aromatic N) is 1. The van der Waals surface area contributed by atoms with E-state index in [2.05, 4.69) is 181 Å². The Hall–Kier alpha value is -5.86. The third kappa shape index (κ3) is 5.07. The van der Waals surface area contributed by atoms with E-state index in [4.69, 9.17) is 0 Å². The van der Waals surface area contributed by atoms with Gasteiger partial charge in [-0.1, -0.05) is 115 Å². The van der Waals surface area contributed by atoms with E-state index in [0.717, 1.165) is 17.1 Å². The van der Waals surface area contributed by atoms with Crippen LogP contribution >= 0.6 is 0 Å². The molecule has 1 aromatic heterocycles. The number of aryl methyl sites for hydroxylation is 1. The SMILES string of the molecule is Cc1ccc(Nc2ccccc2)c(-c2cccc(-c3ccc4c(c3)c3ccccc3n4-c3cccc(-c4ccccc4)c3)c2)c1. The highest BCUT2D eigenvalue weighted by Crippen LogP contribution is 2.38. The first kappa shape index (κ1) is 26.7. The van der Waals surface area contributed by atoms with Gasteiger partial charge in [0.25, 0.3) is 0 Å². The molecule has 0 unspecified atom stereocenters. The Morgan fingerprint density at radius 2 is 1.07 bits per heavy atom. The Morgan fingerprint density at radius 1 is 0.422 bits per heavy atom. The van der Waals surface area contributed by atoms with Gasteiger partial charge < -0.3 is 9.88 Å². The minimum Gasteiger partial charge on any atom is -0.355 e. The fourth-order valence-corrected chi connectivity index (χ4v) is 6.44. The van der Waals surface area contributed by atoms with Gasteiger partial charge in [0, 0.05) is 33.4 Å². The molecule has 8 aromatic rings. The van der Waals surface area contributed by atoms with E-state index in [0.29, 0.717) is 0 Å². The van der Waals surface area contributed by atoms with Crippen LogP contribution in [0.4, 0.5) is 11.4 Å². The maximum Gasteiger partial charge on any atom is 0.0541 e. The molecule has 0 aliphatic carbocycles. The van der Waals surface area contributed by atoms with Crippen LogP contribution in [0.3, 0.4) is 0 Å². The van der Waals surface area contributed by atoms with Gasteiger partial charge in [0.1, 0.15) is 0 Å². The van der Waals surface area contributed by atoms with Crippen molar-refractivity contribution < 1.29 is 0 Å². The van der Waals surface area contributed by atoms with Gasteiger partial charge in [0.05, 0.1) is 11.0 Å². The van der Waals surface area contributed by atoms with E-state index in [-0.39, 0.29) is 0 Å². The summed E-state index contributed by atoms with van der Waals surface area (Å²) in [6.07, 6.45) is 0. The molecule has 0 saturated carbocycles. The Labute approximate surface area is 263 Å². The topological polar surface area (TPSA) is 17.0 Å². The molecule has 0 fully saturated rings. The summed E-state index contributed by atoms with van der Waals surface area (Å²) in [7, 11) is 0. The number of benzene rings is 7. The van der Waals surface area contributed by atoms with Crippen molar-refractivity contribution >= 4 is 33.2 Å². The quantitative estimate of drug-likeness (QED) is 0.208. The Bertz CT molecular complexity index is 2300. The van der Waals surface area contributed by atoms with Crippen molar-refractivity contribution in [1.82, 2.24) is 4.57 Å². The molecule has 7 aromatic carbocycles. The monoisotopic (exact) mass is 576 g/mol. The molecule has 45 heavy (non-hydrogen) atoms. The van der Waals surface area contributed by atoms with Crippen LogP contribution in [0.1, 0.15) is 5.56 Å². The summed E-state index contributed by atoms with van der Waals surface area (Å²) in [5, 5.41) is 6.14. The van der Waals surface area contributed by atoms with Crippen LogP contribution in [0, 0.1) is 6.92 Å². The molecule has 0 aliphatic rings. The number of anilines is 2. The first-order valence-electron chi connectivity index (χ1n) is 15.4. The van der Waals surface area contributed by atoms with Gasteiger partial charge in [-0.25, -0.2) is 0 Å². The van der Waals surface area contributed by atoms with Crippen LogP contribution in [-0.4, -0.2) is 4.57 Å². The van der Waals surface area contributed by atoms with Crippen LogP contribution in [0.2, 0.25) is 0 Å². The summed E-state index contributed by atoms with van der Waals surface area (Å²) in [5.74, 6) is 0. The van der Waals surface area contributed by atoms with E-state index in [9.17, 15) is 0 Å². The van der Waals surface area contributed by atoms with Crippen LogP contribution in [0.25, 0.3) is 60.9 Å². The van der Waals surface area contributed by atoms with Crippen LogP contribution in [0.15, 0.2) is 170 Å². The molecule has 0 amide bonds. The molecule has 2 heteroatoms. The molecule has 214 valence electrons. The normalized spacial score (nSPS) is 11.2. The molecular weight excluding hydrogens is 544 g/mol. The predicted molar refractivity (Wildman–Crippen MR) is 192 cm³/mol. The van der Waals surface area contributed by atoms with Crippen molar-refractivity contribution in [2.75, 3.05) is 5.32 Å². The Balaban J connectivity index is 1.23. The van der Waals surface area contributed by atoms with Gasteiger partial charge in [-0.3, -0.25) is 0 Å². The summed E-state index contributed by atoms with van der Waals surface area (Å²) in [5.41, 5.74) is 14.2. The van der Waals surface area contributed by atoms with E-state index in [1.807, 2.05) is 6.07 Å². The van der Waals surface area contributed by atoms with Crippen molar-refractivity contribution in [2.24, 2.45) is 0 Å². The lowest BCUT2D eigenvalue weighted by molar-refractivity contribution is 1.18. The predicted octanol–water partition coefficient (Wildman–Crippen LogP) is 11.8. The average molecular weight is 577 g/mol. The lowest BCUT2D eigenvalue weighted by Crippen LogP contribution is -1.94. The molecule has 2 nitrogen and oxygen atoms in total. The molecule has 0 bridgehead atoms. The minimum atomic E-state index is 1.08. The van der Waals surface area contributed by atoms with E-state index in [1.165, 1.54) is 60.8 Å². The van der Waals surface area contributed by atoms with Crippen molar-refractivity contribution in [1.29, 1.82) is 0 Å². The first-order chi connectivity index (χ1) is 22.2. The van der Waals surface area contributed by atoms with Gasteiger partial charge in [-0.15, -0.1) is 0 Å². The number of fused-ring (bicyclic) bond motifs is 3. The number of nitrogens with one attached hydrogen (secondary N) is 1. The number of rotatable bonds is 6. The van der Waals surface area contributed by atoms with Gasteiger partial charge in [-0.2, -0.15) is 0 Å². The molecular formula is C43H32N2. The van der Waals surface area contributed by atoms with E-state index < -0.39 is 0 Å². The molecule has 1 heterocycles. The van der Waals surface area contributed by atoms with Crippen molar-refractivity contribution in [3.05, 3.63) is 175 Å². The number of hydrogen-bond acceptors (Lipinski definition) is 1. The zero-order valence-corrected chi connectivity index (χ0v) is 25.1. The first-order valence-corrected chi connectivity index (χ1v) is 15.4. The summed E-state index contributed by atoms with van der Waals surface area (Å²) >= 11 is 0. The molecule has 0 radical (unpaired) electrons. The number of para-hydroxylation sites is 2. The lowest BCUT2D eigenvalue weighted by atomic mass is 9.96. The fraction of sp³-hybridized carbons (Fsp3) is 0.0233.